The molecule has 1 aromatic rings. The largest absolute Gasteiger partial charge is 0.482 e. The van der Waals surface area contributed by atoms with Crippen LogP contribution in [-0.4, -0.2) is 18.2 Å². The van der Waals surface area contributed by atoms with E-state index < -0.39 is 0 Å². The topological polar surface area (TPSA) is 35.5 Å². The van der Waals surface area contributed by atoms with Crippen LogP contribution in [0.1, 0.15) is 70.8 Å². The second-order valence-electron chi connectivity index (χ2n) is 9.13. The number of benzene rings is 1. The Hall–Kier alpha value is -1.51. The van der Waals surface area contributed by atoms with Crippen LogP contribution in [0.15, 0.2) is 24.3 Å². The van der Waals surface area contributed by atoms with Crippen molar-refractivity contribution in [1.29, 1.82) is 0 Å². The van der Waals surface area contributed by atoms with Crippen LogP contribution in [0.4, 0.5) is 0 Å². The maximum atomic E-state index is 12.5. The summed E-state index contributed by atoms with van der Waals surface area (Å²) in [7, 11) is 0. The minimum atomic E-state index is -0.270. The van der Waals surface area contributed by atoms with Gasteiger partial charge in [-0.2, -0.15) is 0 Å². The van der Waals surface area contributed by atoms with E-state index in [4.69, 9.17) is 9.47 Å². The highest BCUT2D eigenvalue weighted by Crippen LogP contribution is 2.59. The van der Waals surface area contributed by atoms with Gasteiger partial charge in [0.25, 0.3) is 0 Å². The Morgan fingerprint density at radius 2 is 1.65 bits per heavy atom. The molecule has 0 aromatic heterocycles. The van der Waals surface area contributed by atoms with E-state index in [0.717, 1.165) is 24.0 Å². The summed E-state index contributed by atoms with van der Waals surface area (Å²) in [5.74, 6) is 3.94. The number of carbonyl (C=O) groups excluding carboxylic acids is 1. The first kappa shape index (κ1) is 17.9. The minimum Gasteiger partial charge on any atom is -0.482 e. The van der Waals surface area contributed by atoms with E-state index in [-0.39, 0.29) is 18.2 Å². The van der Waals surface area contributed by atoms with Crippen LogP contribution in [0.3, 0.4) is 0 Å². The van der Waals surface area contributed by atoms with Crippen LogP contribution in [0.5, 0.6) is 5.75 Å². The lowest BCUT2D eigenvalue weighted by Crippen LogP contribution is -2.58. The predicted molar refractivity (Wildman–Crippen MR) is 102 cm³/mol. The molecule has 4 aliphatic rings. The van der Waals surface area contributed by atoms with Crippen molar-refractivity contribution in [1.82, 2.24) is 0 Å². The van der Waals surface area contributed by atoms with Crippen LogP contribution in [0, 0.1) is 23.7 Å². The fraction of sp³-hybridized carbons (Fsp3) is 0.696. The molecule has 5 rings (SSSR count). The molecule has 0 heterocycles. The number of rotatable bonds is 6. The molecule has 4 aliphatic carbocycles. The van der Waals surface area contributed by atoms with Gasteiger partial charge in [-0.1, -0.05) is 26.0 Å². The molecular formula is C23H32O3. The van der Waals surface area contributed by atoms with E-state index in [0.29, 0.717) is 17.8 Å². The van der Waals surface area contributed by atoms with Crippen molar-refractivity contribution < 1.29 is 14.3 Å². The summed E-state index contributed by atoms with van der Waals surface area (Å²) < 4.78 is 11.8. The lowest BCUT2D eigenvalue weighted by Gasteiger charge is -2.59. The van der Waals surface area contributed by atoms with Crippen molar-refractivity contribution >= 4 is 5.97 Å². The Morgan fingerprint density at radius 1 is 1.08 bits per heavy atom. The monoisotopic (exact) mass is 356 g/mol. The summed E-state index contributed by atoms with van der Waals surface area (Å²) in [6, 6.07) is 8.10. The Kier molecular flexibility index (Phi) is 4.75. The van der Waals surface area contributed by atoms with Gasteiger partial charge in [-0.15, -0.1) is 0 Å². The van der Waals surface area contributed by atoms with Gasteiger partial charge < -0.3 is 9.47 Å². The normalized spacial score (nSPS) is 36.0. The van der Waals surface area contributed by atoms with Crippen molar-refractivity contribution in [3.63, 3.8) is 0 Å². The number of hydrogen-bond acceptors (Lipinski definition) is 3. The van der Waals surface area contributed by atoms with Crippen LogP contribution in [0.25, 0.3) is 0 Å². The maximum absolute atomic E-state index is 12.5. The molecule has 4 saturated carbocycles. The molecule has 0 amide bonds. The zero-order valence-electron chi connectivity index (χ0n) is 16.4. The summed E-state index contributed by atoms with van der Waals surface area (Å²) in [5, 5.41) is 0. The molecule has 1 unspecified atom stereocenters. The summed E-state index contributed by atoms with van der Waals surface area (Å²) in [6.07, 6.45) is 7.51. The van der Waals surface area contributed by atoms with Crippen molar-refractivity contribution in [2.24, 2.45) is 23.7 Å². The standard InChI is InChI=1S/C23H32O3/c1-4-15(2)18-5-7-21(8-6-18)25-14-22(24)26-23(3)19-10-16-9-17(12-19)13-20(23)11-16/h5-8,15-17,19-20H,4,9-14H2,1-3H3. The number of ether oxygens (including phenoxy) is 2. The highest BCUT2D eigenvalue weighted by molar-refractivity contribution is 5.71. The van der Waals surface area contributed by atoms with Crippen molar-refractivity contribution in [2.45, 2.75) is 70.8 Å². The molecule has 3 nitrogen and oxygen atoms in total. The lowest BCUT2D eigenvalue weighted by molar-refractivity contribution is -0.204. The highest BCUT2D eigenvalue weighted by atomic mass is 16.6. The van der Waals surface area contributed by atoms with Gasteiger partial charge in [0.1, 0.15) is 11.4 Å². The van der Waals surface area contributed by atoms with Gasteiger partial charge in [0.05, 0.1) is 0 Å². The molecule has 4 fully saturated rings. The molecule has 0 radical (unpaired) electrons. The van der Waals surface area contributed by atoms with Crippen LogP contribution < -0.4 is 4.74 Å². The molecule has 142 valence electrons. The van der Waals surface area contributed by atoms with E-state index in [1.54, 1.807) is 0 Å². The van der Waals surface area contributed by atoms with Gasteiger partial charge in [-0.3, -0.25) is 0 Å². The molecule has 4 bridgehead atoms. The molecule has 1 aromatic carbocycles. The Balaban J connectivity index is 1.33. The number of carbonyl (C=O) groups is 1. The average Bonchev–Trinajstić information content (AvgIpc) is 2.64. The highest BCUT2D eigenvalue weighted by Gasteiger charge is 2.57. The van der Waals surface area contributed by atoms with Gasteiger partial charge in [-0.25, -0.2) is 4.79 Å². The van der Waals surface area contributed by atoms with E-state index >= 15 is 0 Å². The minimum absolute atomic E-state index is 0.00453. The second kappa shape index (κ2) is 6.90. The predicted octanol–water partition coefficient (Wildman–Crippen LogP) is 5.34. The first-order chi connectivity index (χ1) is 12.5. The van der Waals surface area contributed by atoms with Crippen molar-refractivity contribution in [2.75, 3.05) is 6.61 Å². The Bertz CT molecular complexity index is 620. The average molecular weight is 357 g/mol. The fourth-order valence-corrected chi connectivity index (χ4v) is 5.83. The number of esters is 1. The third-order valence-electron chi connectivity index (χ3n) is 7.51. The second-order valence-corrected chi connectivity index (χ2v) is 9.13. The fourth-order valence-electron chi connectivity index (χ4n) is 5.83. The summed E-state index contributed by atoms with van der Waals surface area (Å²) in [6.45, 7) is 6.60. The van der Waals surface area contributed by atoms with Crippen LogP contribution in [-0.2, 0) is 9.53 Å². The van der Waals surface area contributed by atoms with Gasteiger partial charge in [0.2, 0.25) is 0 Å². The Morgan fingerprint density at radius 3 is 2.19 bits per heavy atom. The van der Waals surface area contributed by atoms with Gasteiger partial charge in [0.15, 0.2) is 6.61 Å². The zero-order chi connectivity index (χ0) is 18.3. The van der Waals surface area contributed by atoms with Gasteiger partial charge in [0, 0.05) is 0 Å². The first-order valence-corrected chi connectivity index (χ1v) is 10.4. The van der Waals surface area contributed by atoms with Crippen LogP contribution in [0.2, 0.25) is 0 Å². The summed E-state index contributed by atoms with van der Waals surface area (Å²) in [4.78, 5) is 12.5. The number of hydrogen-bond donors (Lipinski definition) is 0. The molecular weight excluding hydrogens is 324 g/mol. The van der Waals surface area contributed by atoms with Gasteiger partial charge in [-0.05, 0) is 92.7 Å². The molecule has 0 aliphatic heterocycles. The van der Waals surface area contributed by atoms with E-state index in [1.165, 1.54) is 37.7 Å². The summed E-state index contributed by atoms with van der Waals surface area (Å²) >= 11 is 0. The molecule has 3 heteroatoms. The molecule has 26 heavy (non-hydrogen) atoms. The zero-order valence-corrected chi connectivity index (χ0v) is 16.4. The summed E-state index contributed by atoms with van der Waals surface area (Å²) in [5.41, 5.74) is 1.04. The van der Waals surface area contributed by atoms with E-state index in [2.05, 4.69) is 32.9 Å². The van der Waals surface area contributed by atoms with Crippen molar-refractivity contribution in [3.05, 3.63) is 29.8 Å². The molecule has 0 N–H and O–H groups in total. The van der Waals surface area contributed by atoms with Crippen LogP contribution >= 0.6 is 0 Å². The van der Waals surface area contributed by atoms with E-state index in [9.17, 15) is 4.79 Å². The first-order valence-electron chi connectivity index (χ1n) is 10.4. The van der Waals surface area contributed by atoms with Crippen molar-refractivity contribution in [3.8, 4) is 5.75 Å². The molecule has 0 spiro atoms. The Labute approximate surface area is 157 Å². The lowest BCUT2D eigenvalue weighted by atomic mass is 9.50. The molecule has 0 saturated heterocycles. The third-order valence-corrected chi connectivity index (χ3v) is 7.51. The third kappa shape index (κ3) is 3.25. The molecule has 1 atom stereocenters. The quantitative estimate of drug-likeness (QED) is 0.646. The smallest absolute Gasteiger partial charge is 0.344 e. The SMILES string of the molecule is CCC(C)c1ccc(OCC(=O)OC2(C)C3CC4CC(C3)CC2C4)cc1. The maximum Gasteiger partial charge on any atom is 0.344 e. The van der Waals surface area contributed by atoms with E-state index in [1.807, 2.05) is 12.1 Å². The van der Waals surface area contributed by atoms with Gasteiger partial charge >= 0.3 is 5.97 Å².